The molecular formula is C16H28N2S. The smallest absolute Gasteiger partial charge is 0.00579 e. The summed E-state index contributed by atoms with van der Waals surface area (Å²) < 4.78 is 0. The van der Waals surface area contributed by atoms with Gasteiger partial charge in [-0.2, -0.15) is 0 Å². The number of hydrogen-bond acceptors (Lipinski definition) is 3. The Morgan fingerprint density at radius 1 is 1.47 bits per heavy atom. The number of likely N-dealkylation sites (N-methyl/N-ethyl adjacent to an activating group) is 1. The maximum absolute atomic E-state index is 3.61. The minimum absolute atomic E-state index is 0.525. The van der Waals surface area contributed by atoms with Gasteiger partial charge in [-0.1, -0.05) is 19.4 Å². The highest BCUT2D eigenvalue weighted by atomic mass is 32.1. The van der Waals surface area contributed by atoms with E-state index in [1.165, 1.54) is 63.2 Å². The normalized spacial score (nSPS) is 23.9. The van der Waals surface area contributed by atoms with Crippen molar-refractivity contribution >= 4 is 11.3 Å². The summed E-state index contributed by atoms with van der Waals surface area (Å²) >= 11 is 1.88. The minimum Gasteiger partial charge on any atom is -0.316 e. The number of thiophene rings is 1. The third kappa shape index (κ3) is 4.59. The van der Waals surface area contributed by atoms with Crippen LogP contribution in [-0.4, -0.2) is 38.1 Å². The first-order chi connectivity index (χ1) is 9.24. The van der Waals surface area contributed by atoms with Crippen LogP contribution in [0.3, 0.4) is 0 Å². The monoisotopic (exact) mass is 280 g/mol. The molecule has 3 heteroatoms. The molecule has 2 rings (SSSR count). The lowest BCUT2D eigenvalue weighted by Gasteiger charge is -2.40. The SMILES string of the molecule is CCCC1(CN(C)CCc2cccs2)CCCNC1. The summed E-state index contributed by atoms with van der Waals surface area (Å²) in [6.45, 7) is 7.18. The Bertz CT molecular complexity index is 336. The van der Waals surface area contributed by atoms with Gasteiger partial charge in [0.1, 0.15) is 0 Å². The molecule has 1 unspecified atom stereocenters. The molecule has 1 atom stereocenters. The van der Waals surface area contributed by atoms with Gasteiger partial charge in [-0.05, 0) is 56.1 Å². The van der Waals surface area contributed by atoms with Crippen LogP contribution in [0.25, 0.3) is 0 Å². The molecule has 1 fully saturated rings. The Labute approximate surface area is 122 Å². The summed E-state index contributed by atoms with van der Waals surface area (Å²) in [5.41, 5.74) is 0.525. The highest BCUT2D eigenvalue weighted by Gasteiger charge is 2.32. The largest absolute Gasteiger partial charge is 0.316 e. The van der Waals surface area contributed by atoms with Crippen molar-refractivity contribution in [1.82, 2.24) is 10.2 Å². The molecule has 108 valence electrons. The fraction of sp³-hybridized carbons (Fsp3) is 0.750. The maximum Gasteiger partial charge on any atom is 0.00579 e. The van der Waals surface area contributed by atoms with Gasteiger partial charge in [0.15, 0.2) is 0 Å². The van der Waals surface area contributed by atoms with Crippen molar-refractivity contribution in [2.24, 2.45) is 5.41 Å². The second kappa shape index (κ2) is 7.41. The zero-order valence-electron chi connectivity index (χ0n) is 12.5. The number of piperidine rings is 1. The van der Waals surface area contributed by atoms with Crippen molar-refractivity contribution in [3.05, 3.63) is 22.4 Å². The van der Waals surface area contributed by atoms with Gasteiger partial charge in [0, 0.05) is 24.5 Å². The molecule has 0 amide bonds. The highest BCUT2D eigenvalue weighted by molar-refractivity contribution is 7.09. The van der Waals surface area contributed by atoms with Crippen LogP contribution in [0.2, 0.25) is 0 Å². The second-order valence-corrected chi connectivity index (χ2v) is 7.13. The molecule has 1 N–H and O–H groups in total. The van der Waals surface area contributed by atoms with Crippen LogP contribution in [0.15, 0.2) is 17.5 Å². The fourth-order valence-electron chi connectivity index (χ4n) is 3.40. The van der Waals surface area contributed by atoms with E-state index in [1.54, 1.807) is 0 Å². The summed E-state index contributed by atoms with van der Waals surface area (Å²) in [4.78, 5) is 4.06. The lowest BCUT2D eigenvalue weighted by Crippen LogP contribution is -2.47. The van der Waals surface area contributed by atoms with Gasteiger partial charge in [0.2, 0.25) is 0 Å². The summed E-state index contributed by atoms with van der Waals surface area (Å²) in [5.74, 6) is 0. The van der Waals surface area contributed by atoms with Crippen molar-refractivity contribution in [2.75, 3.05) is 33.2 Å². The summed E-state index contributed by atoms with van der Waals surface area (Å²) in [5, 5.41) is 5.79. The highest BCUT2D eigenvalue weighted by Crippen LogP contribution is 2.32. The van der Waals surface area contributed by atoms with E-state index in [4.69, 9.17) is 0 Å². The molecule has 0 spiro atoms. The lowest BCUT2D eigenvalue weighted by atomic mass is 9.76. The van der Waals surface area contributed by atoms with Crippen LogP contribution in [0, 0.1) is 5.41 Å². The molecule has 0 aromatic carbocycles. The minimum atomic E-state index is 0.525. The molecule has 0 aliphatic carbocycles. The van der Waals surface area contributed by atoms with E-state index >= 15 is 0 Å². The van der Waals surface area contributed by atoms with Crippen molar-refractivity contribution < 1.29 is 0 Å². The first kappa shape index (κ1) is 15.0. The van der Waals surface area contributed by atoms with Crippen molar-refractivity contribution in [2.45, 2.75) is 39.0 Å². The van der Waals surface area contributed by atoms with Gasteiger partial charge in [-0.25, -0.2) is 0 Å². The zero-order valence-corrected chi connectivity index (χ0v) is 13.3. The Hall–Kier alpha value is -0.380. The van der Waals surface area contributed by atoms with E-state index in [1.807, 2.05) is 11.3 Å². The van der Waals surface area contributed by atoms with E-state index < -0.39 is 0 Å². The average molecular weight is 280 g/mol. The van der Waals surface area contributed by atoms with Gasteiger partial charge in [0.05, 0.1) is 0 Å². The van der Waals surface area contributed by atoms with E-state index in [9.17, 15) is 0 Å². The molecule has 0 bridgehead atoms. The second-order valence-electron chi connectivity index (χ2n) is 6.10. The summed E-state index contributed by atoms with van der Waals surface area (Å²) in [6.07, 6.45) is 6.61. The molecule has 1 aromatic rings. The van der Waals surface area contributed by atoms with E-state index in [-0.39, 0.29) is 0 Å². The third-order valence-electron chi connectivity index (χ3n) is 4.27. The lowest BCUT2D eigenvalue weighted by molar-refractivity contribution is 0.123. The number of nitrogens with one attached hydrogen (secondary N) is 1. The van der Waals surface area contributed by atoms with Crippen LogP contribution >= 0.6 is 11.3 Å². The molecule has 1 aliphatic rings. The van der Waals surface area contributed by atoms with E-state index in [0.717, 1.165) is 0 Å². The molecule has 1 aliphatic heterocycles. The van der Waals surface area contributed by atoms with Gasteiger partial charge in [0.25, 0.3) is 0 Å². The molecule has 2 heterocycles. The van der Waals surface area contributed by atoms with Gasteiger partial charge < -0.3 is 10.2 Å². The average Bonchev–Trinajstić information content (AvgIpc) is 2.91. The quantitative estimate of drug-likeness (QED) is 0.823. The molecular weight excluding hydrogens is 252 g/mol. The predicted molar refractivity (Wildman–Crippen MR) is 85.0 cm³/mol. The van der Waals surface area contributed by atoms with Crippen molar-refractivity contribution in [3.63, 3.8) is 0 Å². The number of rotatable bonds is 7. The maximum atomic E-state index is 3.61. The fourth-order valence-corrected chi connectivity index (χ4v) is 4.09. The molecule has 1 saturated heterocycles. The molecule has 0 radical (unpaired) electrons. The van der Waals surface area contributed by atoms with Crippen molar-refractivity contribution in [1.29, 1.82) is 0 Å². The zero-order chi connectivity index (χ0) is 13.6. The van der Waals surface area contributed by atoms with Gasteiger partial charge in [-0.15, -0.1) is 11.3 Å². The van der Waals surface area contributed by atoms with E-state index in [2.05, 4.69) is 41.7 Å². The molecule has 2 nitrogen and oxygen atoms in total. The Balaban J connectivity index is 1.82. The Kier molecular flexibility index (Phi) is 5.86. The topological polar surface area (TPSA) is 15.3 Å². The standard InChI is InChI=1S/C16H28N2S/c1-3-8-16(9-5-10-17-13-16)14-18(2)11-7-15-6-4-12-19-15/h4,6,12,17H,3,5,7-11,13-14H2,1-2H3. The molecule has 0 saturated carbocycles. The first-order valence-corrected chi connectivity index (χ1v) is 8.54. The van der Waals surface area contributed by atoms with Crippen molar-refractivity contribution in [3.8, 4) is 0 Å². The predicted octanol–water partition coefficient (Wildman–Crippen LogP) is 3.39. The van der Waals surface area contributed by atoms with Crippen LogP contribution in [0.5, 0.6) is 0 Å². The third-order valence-corrected chi connectivity index (χ3v) is 5.20. The molecule has 1 aromatic heterocycles. The van der Waals surface area contributed by atoms with Crippen LogP contribution in [0.1, 0.15) is 37.5 Å². The summed E-state index contributed by atoms with van der Waals surface area (Å²) in [6, 6.07) is 4.41. The van der Waals surface area contributed by atoms with Gasteiger partial charge >= 0.3 is 0 Å². The first-order valence-electron chi connectivity index (χ1n) is 7.66. The van der Waals surface area contributed by atoms with Gasteiger partial charge in [-0.3, -0.25) is 0 Å². The molecule has 19 heavy (non-hydrogen) atoms. The number of hydrogen-bond donors (Lipinski definition) is 1. The Morgan fingerprint density at radius 3 is 3.00 bits per heavy atom. The van der Waals surface area contributed by atoms with Crippen LogP contribution < -0.4 is 5.32 Å². The summed E-state index contributed by atoms with van der Waals surface area (Å²) in [7, 11) is 2.29. The van der Waals surface area contributed by atoms with Crippen LogP contribution in [-0.2, 0) is 6.42 Å². The number of nitrogens with zero attached hydrogens (tertiary/aromatic N) is 1. The van der Waals surface area contributed by atoms with Crippen LogP contribution in [0.4, 0.5) is 0 Å². The Morgan fingerprint density at radius 2 is 2.37 bits per heavy atom. The van der Waals surface area contributed by atoms with E-state index in [0.29, 0.717) is 5.41 Å².